The summed E-state index contributed by atoms with van der Waals surface area (Å²) in [7, 11) is -4.04. The van der Waals surface area contributed by atoms with Gasteiger partial charge in [-0.2, -0.15) is 8.42 Å². The Hall–Kier alpha value is -4.96. The van der Waals surface area contributed by atoms with Gasteiger partial charge >= 0.3 is 16.1 Å². The highest BCUT2D eigenvalue weighted by molar-refractivity contribution is 7.87. The molecule has 0 spiro atoms. The van der Waals surface area contributed by atoms with Crippen LogP contribution in [0.15, 0.2) is 95.9 Å². The maximum atomic E-state index is 12.8. The molecule has 238 valence electrons. The van der Waals surface area contributed by atoms with Crippen LogP contribution in [0.5, 0.6) is 17.2 Å². The molecule has 0 saturated carbocycles. The molecule has 0 aromatic heterocycles. The number of nitrogens with zero attached hydrogens (tertiary/aromatic N) is 1. The van der Waals surface area contributed by atoms with Crippen LogP contribution in [0.2, 0.25) is 0 Å². The van der Waals surface area contributed by atoms with E-state index in [0.717, 1.165) is 22.4 Å². The van der Waals surface area contributed by atoms with Crippen molar-refractivity contribution < 1.29 is 36.5 Å². The van der Waals surface area contributed by atoms with Crippen LogP contribution in [-0.2, 0) is 24.4 Å². The lowest BCUT2D eigenvalue weighted by atomic mass is 10.0. The predicted molar refractivity (Wildman–Crippen MR) is 173 cm³/mol. The SMILES string of the molecule is Cc1ccc(S(=O)(=O)Oc2ccc(C(=O)COC(=O)[C@@H]3CC(=O)N(c4ccc(Oc5cc(C)ccc5C(C)C)cc4)C3)cc2)cc1. The fraction of sp³-hybridized carbons (Fsp3) is 0.250. The Morgan fingerprint density at radius 3 is 2.13 bits per heavy atom. The highest BCUT2D eigenvalue weighted by atomic mass is 32.2. The first-order valence-corrected chi connectivity index (χ1v) is 16.3. The third kappa shape index (κ3) is 7.63. The van der Waals surface area contributed by atoms with Crippen molar-refractivity contribution in [1.82, 2.24) is 0 Å². The summed E-state index contributed by atoms with van der Waals surface area (Å²) in [6.45, 7) is 7.67. The molecule has 1 amide bonds. The Morgan fingerprint density at radius 1 is 0.848 bits per heavy atom. The molecule has 0 radical (unpaired) electrons. The fourth-order valence-electron chi connectivity index (χ4n) is 5.06. The Labute approximate surface area is 268 Å². The molecular weight excluding hydrogens is 606 g/mol. The van der Waals surface area contributed by atoms with Crippen LogP contribution in [0.25, 0.3) is 0 Å². The predicted octanol–water partition coefficient (Wildman–Crippen LogP) is 6.77. The summed E-state index contributed by atoms with van der Waals surface area (Å²) in [5.41, 5.74) is 3.94. The molecule has 0 unspecified atom stereocenters. The van der Waals surface area contributed by atoms with E-state index in [4.69, 9.17) is 13.7 Å². The first-order chi connectivity index (χ1) is 21.9. The molecule has 0 bridgehead atoms. The molecular formula is C36H35NO8S. The third-order valence-corrected chi connectivity index (χ3v) is 8.92. The van der Waals surface area contributed by atoms with Gasteiger partial charge in [0.2, 0.25) is 5.91 Å². The minimum atomic E-state index is -4.04. The van der Waals surface area contributed by atoms with Crippen LogP contribution in [0, 0.1) is 19.8 Å². The third-order valence-electron chi connectivity index (χ3n) is 7.66. The van der Waals surface area contributed by atoms with Gasteiger partial charge in [-0.05, 0) is 97.6 Å². The number of carbonyl (C=O) groups excluding carboxylic acids is 3. The number of carbonyl (C=O) groups is 3. The molecule has 5 rings (SSSR count). The lowest BCUT2D eigenvalue weighted by Gasteiger charge is -2.18. The molecule has 46 heavy (non-hydrogen) atoms. The average molecular weight is 642 g/mol. The standard InChI is InChI=1S/C36H35NO8S/c1-23(2)32-18-7-25(4)19-34(32)44-29-14-10-28(11-15-29)37-21-27(20-35(37)39)36(40)43-22-33(38)26-8-12-30(13-9-26)45-46(41,42)31-16-5-24(3)6-17-31/h5-19,23,27H,20-22H2,1-4H3/t27-/m1/s1. The van der Waals surface area contributed by atoms with Gasteiger partial charge in [-0.1, -0.05) is 43.7 Å². The number of esters is 1. The van der Waals surface area contributed by atoms with Gasteiger partial charge in [0.1, 0.15) is 22.1 Å². The second-order valence-corrected chi connectivity index (χ2v) is 13.1. The smallest absolute Gasteiger partial charge is 0.339 e. The van der Waals surface area contributed by atoms with E-state index in [1.165, 1.54) is 41.3 Å². The molecule has 0 N–H and O–H groups in total. The normalized spacial score (nSPS) is 14.8. The minimum absolute atomic E-state index is 0.0125. The van der Waals surface area contributed by atoms with E-state index < -0.39 is 34.4 Å². The molecule has 1 saturated heterocycles. The van der Waals surface area contributed by atoms with E-state index >= 15 is 0 Å². The second kappa shape index (κ2) is 13.6. The maximum absolute atomic E-state index is 12.8. The number of ketones is 1. The summed E-state index contributed by atoms with van der Waals surface area (Å²) in [6.07, 6.45) is -0.0339. The van der Waals surface area contributed by atoms with Crippen LogP contribution in [0.4, 0.5) is 5.69 Å². The molecule has 1 fully saturated rings. The lowest BCUT2D eigenvalue weighted by Crippen LogP contribution is -2.27. The highest BCUT2D eigenvalue weighted by Crippen LogP contribution is 2.33. The fourth-order valence-corrected chi connectivity index (χ4v) is 5.99. The van der Waals surface area contributed by atoms with E-state index in [1.54, 1.807) is 36.4 Å². The monoisotopic (exact) mass is 641 g/mol. The van der Waals surface area contributed by atoms with Crippen molar-refractivity contribution >= 4 is 33.5 Å². The number of hydrogen-bond acceptors (Lipinski definition) is 8. The van der Waals surface area contributed by atoms with E-state index in [9.17, 15) is 22.8 Å². The molecule has 1 aliphatic heterocycles. The first kappa shape index (κ1) is 32.4. The van der Waals surface area contributed by atoms with Gasteiger partial charge in [-0.3, -0.25) is 14.4 Å². The van der Waals surface area contributed by atoms with Crippen molar-refractivity contribution in [3.63, 3.8) is 0 Å². The summed E-state index contributed by atoms with van der Waals surface area (Å²) in [6, 6.07) is 25.0. The number of rotatable bonds is 11. The summed E-state index contributed by atoms with van der Waals surface area (Å²) in [5.74, 6) is -0.327. The molecule has 1 aliphatic rings. The van der Waals surface area contributed by atoms with Gasteiger partial charge in [0, 0.05) is 24.2 Å². The Balaban J connectivity index is 1.14. The largest absolute Gasteiger partial charge is 0.457 e. The summed E-state index contributed by atoms with van der Waals surface area (Å²) < 4.78 is 41.6. The molecule has 0 aliphatic carbocycles. The van der Waals surface area contributed by atoms with Crippen molar-refractivity contribution in [3.05, 3.63) is 113 Å². The second-order valence-electron chi connectivity index (χ2n) is 11.6. The molecule has 4 aromatic carbocycles. The molecule has 1 heterocycles. The van der Waals surface area contributed by atoms with Crippen LogP contribution >= 0.6 is 0 Å². The van der Waals surface area contributed by atoms with E-state index in [2.05, 4.69) is 26.0 Å². The number of aryl methyl sites for hydroxylation is 2. The number of Topliss-reactive ketones (excluding diaryl/α,β-unsaturated/α-hetero) is 1. The zero-order valence-corrected chi connectivity index (χ0v) is 26.9. The summed E-state index contributed by atoms with van der Waals surface area (Å²) in [5, 5.41) is 0. The Morgan fingerprint density at radius 2 is 1.48 bits per heavy atom. The van der Waals surface area contributed by atoms with Gasteiger partial charge in [0.05, 0.1) is 5.92 Å². The zero-order valence-electron chi connectivity index (χ0n) is 26.1. The van der Waals surface area contributed by atoms with Crippen LogP contribution < -0.4 is 13.8 Å². The number of anilines is 1. The van der Waals surface area contributed by atoms with E-state index in [0.29, 0.717) is 17.4 Å². The van der Waals surface area contributed by atoms with Crippen LogP contribution in [0.1, 0.15) is 53.2 Å². The first-order valence-electron chi connectivity index (χ1n) is 14.9. The van der Waals surface area contributed by atoms with Gasteiger partial charge in [-0.25, -0.2) is 0 Å². The van der Waals surface area contributed by atoms with Crippen molar-refractivity contribution in [1.29, 1.82) is 0 Å². The summed E-state index contributed by atoms with van der Waals surface area (Å²) in [4.78, 5) is 39.8. The molecule has 4 aromatic rings. The van der Waals surface area contributed by atoms with Gasteiger partial charge < -0.3 is 18.6 Å². The zero-order chi connectivity index (χ0) is 33.0. The molecule has 10 heteroatoms. The quantitative estimate of drug-likeness (QED) is 0.100. The van der Waals surface area contributed by atoms with Crippen molar-refractivity contribution in [2.75, 3.05) is 18.1 Å². The lowest BCUT2D eigenvalue weighted by molar-refractivity contribution is -0.147. The van der Waals surface area contributed by atoms with Crippen molar-refractivity contribution in [2.45, 2.75) is 44.9 Å². The van der Waals surface area contributed by atoms with Gasteiger partial charge in [0.15, 0.2) is 12.4 Å². The minimum Gasteiger partial charge on any atom is -0.457 e. The average Bonchev–Trinajstić information content (AvgIpc) is 3.42. The Bertz CT molecular complexity index is 1850. The topological polar surface area (TPSA) is 116 Å². The number of amides is 1. The molecule has 9 nitrogen and oxygen atoms in total. The number of benzene rings is 4. The number of ether oxygens (including phenoxy) is 2. The summed E-state index contributed by atoms with van der Waals surface area (Å²) >= 11 is 0. The Kier molecular flexibility index (Phi) is 9.57. The van der Waals surface area contributed by atoms with Gasteiger partial charge in [0.25, 0.3) is 0 Å². The molecule has 1 atom stereocenters. The van der Waals surface area contributed by atoms with Crippen molar-refractivity contribution in [2.24, 2.45) is 5.92 Å². The van der Waals surface area contributed by atoms with E-state index in [-0.39, 0.29) is 35.1 Å². The van der Waals surface area contributed by atoms with Crippen LogP contribution in [-0.4, -0.2) is 39.2 Å². The van der Waals surface area contributed by atoms with Crippen LogP contribution in [0.3, 0.4) is 0 Å². The maximum Gasteiger partial charge on any atom is 0.339 e. The number of hydrogen-bond donors (Lipinski definition) is 0. The van der Waals surface area contributed by atoms with E-state index in [1.807, 2.05) is 19.9 Å². The van der Waals surface area contributed by atoms with Crippen molar-refractivity contribution in [3.8, 4) is 17.2 Å². The van der Waals surface area contributed by atoms with Gasteiger partial charge in [-0.15, -0.1) is 0 Å². The highest BCUT2D eigenvalue weighted by Gasteiger charge is 2.36.